The molecule has 2 aromatic carbocycles. The van der Waals surface area contributed by atoms with Crippen LogP contribution < -0.4 is 16.0 Å². The summed E-state index contributed by atoms with van der Waals surface area (Å²) in [5, 5.41) is 11.4. The van der Waals surface area contributed by atoms with E-state index in [2.05, 4.69) is 41.3 Å². The number of morpholine rings is 1. The second-order valence-electron chi connectivity index (χ2n) is 12.3. The van der Waals surface area contributed by atoms with Crippen LogP contribution in [0.4, 0.5) is 17.5 Å². The van der Waals surface area contributed by atoms with Crippen molar-refractivity contribution >= 4 is 35.2 Å². The highest BCUT2D eigenvalue weighted by Gasteiger charge is 2.29. The monoisotopic (exact) mass is 600 g/mol. The molecule has 3 heterocycles. The third-order valence-corrected chi connectivity index (χ3v) is 8.15. The lowest BCUT2D eigenvalue weighted by Gasteiger charge is -2.37. The van der Waals surface area contributed by atoms with E-state index in [-0.39, 0.29) is 34.8 Å². The van der Waals surface area contributed by atoms with Crippen molar-refractivity contribution in [1.29, 1.82) is 0 Å². The first-order valence-corrected chi connectivity index (χ1v) is 14.9. The normalized spacial score (nSPS) is 17.2. The fraction of sp³-hybridized carbons (Fsp3) is 0.438. The zero-order valence-electron chi connectivity index (χ0n) is 25.7. The second-order valence-corrected chi connectivity index (χ2v) is 12.3. The predicted molar refractivity (Wildman–Crippen MR) is 167 cm³/mol. The van der Waals surface area contributed by atoms with Crippen molar-refractivity contribution in [2.75, 3.05) is 56.7 Å². The van der Waals surface area contributed by atoms with Crippen molar-refractivity contribution in [2.45, 2.75) is 45.1 Å². The molecule has 0 spiro atoms. The lowest BCUT2D eigenvalue weighted by Crippen LogP contribution is -2.49. The number of rotatable bonds is 7. The molecule has 12 heteroatoms. The van der Waals surface area contributed by atoms with Crippen LogP contribution in [-0.4, -0.2) is 95.2 Å². The molecule has 0 saturated carbocycles. The Balaban J connectivity index is 1.29. The summed E-state index contributed by atoms with van der Waals surface area (Å²) in [4.78, 5) is 48.5. The third kappa shape index (κ3) is 6.96. The summed E-state index contributed by atoms with van der Waals surface area (Å²) in [6, 6.07) is 14.7. The Kier molecular flexibility index (Phi) is 9.09. The first-order chi connectivity index (χ1) is 21.0. The number of ether oxygens (including phenoxy) is 1. The van der Waals surface area contributed by atoms with Crippen LogP contribution in [0.25, 0.3) is 0 Å². The standard InChI is InChI=1S/C32H40N8O4/c1-32(2,3)23-11-7-21(8-12-23)29(42)38(4)25-6-5-15-40(20-25)31-35-28(26(27(33)41)36-37-31)34-24-13-9-22(10-14-24)30(43)39-16-18-44-19-17-39/h7-14,25H,5-6,15-20H2,1-4H3,(H2,33,41)(H,34,35,37). The number of nitrogens with two attached hydrogens (primary N) is 1. The van der Waals surface area contributed by atoms with E-state index < -0.39 is 5.91 Å². The van der Waals surface area contributed by atoms with E-state index >= 15 is 0 Å². The molecule has 0 aliphatic carbocycles. The summed E-state index contributed by atoms with van der Waals surface area (Å²) in [6.07, 6.45) is 1.67. The van der Waals surface area contributed by atoms with Crippen molar-refractivity contribution in [3.63, 3.8) is 0 Å². The maximum Gasteiger partial charge on any atom is 0.273 e. The van der Waals surface area contributed by atoms with Gasteiger partial charge in [0.25, 0.3) is 17.7 Å². The molecule has 3 N–H and O–H groups in total. The van der Waals surface area contributed by atoms with E-state index in [1.807, 2.05) is 36.2 Å². The summed E-state index contributed by atoms with van der Waals surface area (Å²) < 4.78 is 5.33. The maximum absolute atomic E-state index is 13.4. The van der Waals surface area contributed by atoms with Crippen LogP contribution in [-0.2, 0) is 10.2 Å². The molecule has 2 aliphatic rings. The summed E-state index contributed by atoms with van der Waals surface area (Å²) in [5.41, 5.74) is 8.48. The summed E-state index contributed by atoms with van der Waals surface area (Å²) in [5.74, 6) is -0.374. The topological polar surface area (TPSA) is 147 Å². The van der Waals surface area contributed by atoms with Crippen LogP contribution in [0.3, 0.4) is 0 Å². The lowest BCUT2D eigenvalue weighted by atomic mass is 9.86. The van der Waals surface area contributed by atoms with Gasteiger partial charge in [-0.15, -0.1) is 10.2 Å². The number of nitrogens with zero attached hydrogens (tertiary/aromatic N) is 6. The number of hydrogen-bond acceptors (Lipinski definition) is 9. The molecule has 1 aromatic heterocycles. The fourth-order valence-electron chi connectivity index (χ4n) is 5.42. The lowest BCUT2D eigenvalue weighted by molar-refractivity contribution is 0.0303. The number of benzene rings is 2. The number of hydrogen-bond donors (Lipinski definition) is 2. The van der Waals surface area contributed by atoms with Crippen LogP contribution in [0.1, 0.15) is 70.4 Å². The van der Waals surface area contributed by atoms with Gasteiger partial charge in [0, 0.05) is 56.1 Å². The number of carbonyl (C=O) groups is 3. The summed E-state index contributed by atoms with van der Waals surface area (Å²) in [7, 11) is 1.82. The predicted octanol–water partition coefficient (Wildman–Crippen LogP) is 3.23. The van der Waals surface area contributed by atoms with Crippen molar-refractivity contribution in [3.8, 4) is 0 Å². The number of primary amides is 1. The molecule has 2 aliphatic heterocycles. The molecule has 0 bridgehead atoms. The zero-order valence-corrected chi connectivity index (χ0v) is 25.7. The molecule has 2 fully saturated rings. The number of likely N-dealkylation sites (N-methyl/N-ethyl adjacent to an activating group) is 1. The zero-order chi connectivity index (χ0) is 31.4. The molecule has 232 valence electrons. The van der Waals surface area contributed by atoms with Crippen LogP contribution in [0.2, 0.25) is 0 Å². The smallest absolute Gasteiger partial charge is 0.273 e. The molecule has 44 heavy (non-hydrogen) atoms. The minimum absolute atomic E-state index is 0.00862. The molecular weight excluding hydrogens is 560 g/mol. The van der Waals surface area contributed by atoms with Gasteiger partial charge in [0.05, 0.1) is 13.2 Å². The minimum atomic E-state index is -0.766. The number of nitrogens with one attached hydrogen (secondary N) is 1. The largest absolute Gasteiger partial charge is 0.378 e. The average Bonchev–Trinajstić information content (AvgIpc) is 3.04. The highest BCUT2D eigenvalue weighted by atomic mass is 16.5. The Morgan fingerprint density at radius 1 is 0.955 bits per heavy atom. The number of aromatic nitrogens is 3. The van der Waals surface area contributed by atoms with E-state index in [1.165, 1.54) is 5.56 Å². The number of carbonyl (C=O) groups excluding carboxylic acids is 3. The molecule has 0 radical (unpaired) electrons. The fourth-order valence-corrected chi connectivity index (χ4v) is 5.42. The molecule has 1 unspecified atom stereocenters. The van der Waals surface area contributed by atoms with Gasteiger partial charge in [0.1, 0.15) is 0 Å². The molecular formula is C32H40N8O4. The van der Waals surface area contributed by atoms with Gasteiger partial charge in [-0.25, -0.2) is 0 Å². The molecule has 3 amide bonds. The Morgan fingerprint density at radius 2 is 1.61 bits per heavy atom. The molecule has 1 atom stereocenters. The molecule has 12 nitrogen and oxygen atoms in total. The Hall–Kier alpha value is -4.58. The van der Waals surface area contributed by atoms with Gasteiger partial charge in [-0.05, 0) is 60.2 Å². The van der Waals surface area contributed by atoms with Crippen molar-refractivity contribution in [1.82, 2.24) is 25.0 Å². The van der Waals surface area contributed by atoms with E-state index in [1.54, 1.807) is 34.1 Å². The first-order valence-electron chi connectivity index (χ1n) is 14.9. The van der Waals surface area contributed by atoms with Gasteiger partial charge in [0.2, 0.25) is 5.95 Å². The van der Waals surface area contributed by atoms with Crippen LogP contribution in [0.5, 0.6) is 0 Å². The molecule has 3 aromatic rings. The Morgan fingerprint density at radius 3 is 2.25 bits per heavy atom. The Bertz CT molecular complexity index is 1500. The third-order valence-electron chi connectivity index (χ3n) is 8.15. The van der Waals surface area contributed by atoms with Gasteiger partial charge >= 0.3 is 0 Å². The van der Waals surface area contributed by atoms with Crippen molar-refractivity contribution in [3.05, 3.63) is 70.9 Å². The summed E-state index contributed by atoms with van der Waals surface area (Å²) >= 11 is 0. The van der Waals surface area contributed by atoms with E-state index in [9.17, 15) is 14.4 Å². The minimum Gasteiger partial charge on any atom is -0.378 e. The average molecular weight is 601 g/mol. The van der Waals surface area contributed by atoms with Gasteiger partial charge in [0.15, 0.2) is 11.5 Å². The van der Waals surface area contributed by atoms with Gasteiger partial charge in [-0.1, -0.05) is 32.9 Å². The van der Waals surface area contributed by atoms with E-state index in [0.29, 0.717) is 62.2 Å². The van der Waals surface area contributed by atoms with Gasteiger partial charge < -0.3 is 30.5 Å². The summed E-state index contributed by atoms with van der Waals surface area (Å²) in [6.45, 7) is 9.79. The van der Waals surface area contributed by atoms with Crippen LogP contribution >= 0.6 is 0 Å². The van der Waals surface area contributed by atoms with Crippen LogP contribution in [0, 0.1) is 0 Å². The maximum atomic E-state index is 13.4. The van der Waals surface area contributed by atoms with Crippen molar-refractivity contribution in [2.24, 2.45) is 5.73 Å². The second kappa shape index (κ2) is 13.0. The highest BCUT2D eigenvalue weighted by molar-refractivity contribution is 5.97. The number of anilines is 3. The number of amides is 3. The van der Waals surface area contributed by atoms with E-state index in [4.69, 9.17) is 10.5 Å². The highest BCUT2D eigenvalue weighted by Crippen LogP contribution is 2.26. The van der Waals surface area contributed by atoms with E-state index in [0.717, 1.165) is 12.8 Å². The quantitative estimate of drug-likeness (QED) is 0.417. The first kappa shape index (κ1) is 30.9. The SMILES string of the molecule is CN(C(=O)c1ccc(C(C)(C)C)cc1)C1CCCN(c2nnc(C(N)=O)c(Nc3ccc(C(=O)N4CCOCC4)cc3)n2)C1. The number of piperidine rings is 1. The van der Waals surface area contributed by atoms with Crippen molar-refractivity contribution < 1.29 is 19.1 Å². The van der Waals surface area contributed by atoms with Crippen LogP contribution in [0.15, 0.2) is 48.5 Å². The molecule has 5 rings (SSSR count). The Labute approximate surface area is 257 Å². The molecule has 2 saturated heterocycles. The van der Waals surface area contributed by atoms with Gasteiger partial charge in [-0.3, -0.25) is 14.4 Å². The van der Waals surface area contributed by atoms with Gasteiger partial charge in [-0.2, -0.15) is 4.98 Å².